The quantitative estimate of drug-likeness (QED) is 0.866. The molecular weight excluding hydrogens is 214 g/mol. The zero-order valence-electron chi connectivity index (χ0n) is 10.6. The molecule has 1 aromatic rings. The van der Waals surface area contributed by atoms with Crippen LogP contribution in [-0.4, -0.2) is 38.8 Å². The lowest BCUT2D eigenvalue weighted by Crippen LogP contribution is -2.25. The minimum absolute atomic E-state index is 0.624. The Balaban J connectivity index is 1.93. The summed E-state index contributed by atoms with van der Waals surface area (Å²) in [4.78, 5) is 6.27. The van der Waals surface area contributed by atoms with Gasteiger partial charge in [-0.25, -0.2) is 0 Å². The number of rotatable bonds is 4. The molecule has 2 rings (SSSR count). The van der Waals surface area contributed by atoms with Crippen LogP contribution in [0.3, 0.4) is 0 Å². The lowest BCUT2D eigenvalue weighted by molar-refractivity contribution is 0.0595. The van der Waals surface area contributed by atoms with Crippen LogP contribution in [-0.2, 0) is 4.74 Å². The number of aromatic nitrogens is 1. The van der Waals surface area contributed by atoms with Crippen molar-refractivity contribution >= 4 is 11.4 Å². The van der Waals surface area contributed by atoms with Crippen molar-refractivity contribution in [3.05, 3.63) is 18.5 Å². The monoisotopic (exact) mass is 235 g/mol. The summed E-state index contributed by atoms with van der Waals surface area (Å²) in [5.74, 6) is 0.624. The Morgan fingerprint density at radius 1 is 1.53 bits per heavy atom. The Kier molecular flexibility index (Phi) is 4.20. The standard InChI is InChI=1S/C13H21N3O/c1-16(2)13-5-6-14-9-12(13)15-8-11-4-3-7-17-10-11/h5-6,9,11,15H,3-4,7-8,10H2,1-2H3. The molecule has 4 heteroatoms. The van der Waals surface area contributed by atoms with Gasteiger partial charge in [-0.3, -0.25) is 4.98 Å². The second-order valence-corrected chi connectivity index (χ2v) is 4.75. The van der Waals surface area contributed by atoms with Crippen LogP contribution in [0.15, 0.2) is 18.5 Å². The van der Waals surface area contributed by atoms with E-state index in [-0.39, 0.29) is 0 Å². The first-order valence-corrected chi connectivity index (χ1v) is 6.20. The van der Waals surface area contributed by atoms with Crippen molar-refractivity contribution in [1.82, 2.24) is 4.98 Å². The van der Waals surface area contributed by atoms with Crippen molar-refractivity contribution in [3.8, 4) is 0 Å². The Hall–Kier alpha value is -1.29. The summed E-state index contributed by atoms with van der Waals surface area (Å²) in [5, 5.41) is 3.48. The first kappa shape index (κ1) is 12.2. The van der Waals surface area contributed by atoms with E-state index in [2.05, 4.69) is 15.2 Å². The van der Waals surface area contributed by atoms with E-state index in [1.54, 1.807) is 0 Å². The van der Waals surface area contributed by atoms with Crippen molar-refractivity contribution in [2.75, 3.05) is 44.1 Å². The summed E-state index contributed by atoms with van der Waals surface area (Å²) in [6.07, 6.45) is 6.15. The van der Waals surface area contributed by atoms with Crippen LogP contribution in [0.2, 0.25) is 0 Å². The highest BCUT2D eigenvalue weighted by molar-refractivity contribution is 5.68. The zero-order chi connectivity index (χ0) is 12.1. The second kappa shape index (κ2) is 5.87. The molecule has 2 heterocycles. The fourth-order valence-electron chi connectivity index (χ4n) is 2.14. The summed E-state index contributed by atoms with van der Waals surface area (Å²) in [5.41, 5.74) is 2.28. The van der Waals surface area contributed by atoms with E-state index in [0.717, 1.165) is 25.4 Å². The molecular formula is C13H21N3O. The predicted octanol–water partition coefficient (Wildman–Crippen LogP) is 1.99. The topological polar surface area (TPSA) is 37.4 Å². The van der Waals surface area contributed by atoms with Gasteiger partial charge in [0.15, 0.2) is 0 Å². The first-order chi connectivity index (χ1) is 8.27. The van der Waals surface area contributed by atoms with E-state index in [9.17, 15) is 0 Å². The van der Waals surface area contributed by atoms with Gasteiger partial charge in [-0.15, -0.1) is 0 Å². The van der Waals surface area contributed by atoms with Gasteiger partial charge in [-0.2, -0.15) is 0 Å². The maximum Gasteiger partial charge on any atom is 0.0764 e. The molecule has 1 aliphatic rings. The van der Waals surface area contributed by atoms with Gasteiger partial charge >= 0.3 is 0 Å². The third-order valence-electron chi connectivity index (χ3n) is 3.12. The van der Waals surface area contributed by atoms with E-state index >= 15 is 0 Å². The normalized spacial score (nSPS) is 20.0. The van der Waals surface area contributed by atoms with Gasteiger partial charge < -0.3 is 15.0 Å². The van der Waals surface area contributed by atoms with E-state index in [1.807, 2.05) is 32.6 Å². The van der Waals surface area contributed by atoms with Gasteiger partial charge in [0.25, 0.3) is 0 Å². The summed E-state index contributed by atoms with van der Waals surface area (Å²) < 4.78 is 5.48. The number of ether oxygens (including phenoxy) is 1. The van der Waals surface area contributed by atoms with Gasteiger partial charge in [0.2, 0.25) is 0 Å². The molecule has 17 heavy (non-hydrogen) atoms. The highest BCUT2D eigenvalue weighted by Gasteiger charge is 2.14. The number of nitrogens with one attached hydrogen (secondary N) is 1. The lowest BCUT2D eigenvalue weighted by atomic mass is 10.0. The third-order valence-corrected chi connectivity index (χ3v) is 3.12. The minimum Gasteiger partial charge on any atom is -0.382 e. The number of anilines is 2. The fraction of sp³-hybridized carbons (Fsp3) is 0.615. The molecule has 4 nitrogen and oxygen atoms in total. The Morgan fingerprint density at radius 3 is 3.12 bits per heavy atom. The summed E-state index contributed by atoms with van der Waals surface area (Å²) in [7, 11) is 4.09. The van der Waals surface area contributed by atoms with Gasteiger partial charge in [-0.1, -0.05) is 0 Å². The molecule has 0 aliphatic carbocycles. The molecule has 1 unspecified atom stereocenters. The highest BCUT2D eigenvalue weighted by atomic mass is 16.5. The molecule has 0 aromatic carbocycles. The second-order valence-electron chi connectivity index (χ2n) is 4.75. The maximum atomic E-state index is 5.48. The molecule has 0 bridgehead atoms. The van der Waals surface area contributed by atoms with Crippen LogP contribution in [0, 0.1) is 5.92 Å². The average Bonchev–Trinajstić information content (AvgIpc) is 2.38. The van der Waals surface area contributed by atoms with Crippen molar-refractivity contribution in [3.63, 3.8) is 0 Å². The third kappa shape index (κ3) is 3.33. The Morgan fingerprint density at radius 2 is 2.41 bits per heavy atom. The molecule has 1 saturated heterocycles. The van der Waals surface area contributed by atoms with Gasteiger partial charge in [0, 0.05) is 33.4 Å². The van der Waals surface area contributed by atoms with E-state index in [1.165, 1.54) is 18.5 Å². The average molecular weight is 235 g/mol. The lowest BCUT2D eigenvalue weighted by Gasteiger charge is -2.24. The van der Waals surface area contributed by atoms with E-state index in [4.69, 9.17) is 4.74 Å². The molecule has 94 valence electrons. The summed E-state index contributed by atoms with van der Waals surface area (Å²) >= 11 is 0. The molecule has 1 N–H and O–H groups in total. The highest BCUT2D eigenvalue weighted by Crippen LogP contribution is 2.23. The molecule has 1 aromatic heterocycles. The largest absolute Gasteiger partial charge is 0.382 e. The Labute approximate surface area is 103 Å². The fourth-order valence-corrected chi connectivity index (χ4v) is 2.14. The molecule has 1 atom stereocenters. The van der Waals surface area contributed by atoms with Gasteiger partial charge in [0.05, 0.1) is 24.2 Å². The smallest absolute Gasteiger partial charge is 0.0764 e. The van der Waals surface area contributed by atoms with Crippen LogP contribution in [0.4, 0.5) is 11.4 Å². The maximum absolute atomic E-state index is 5.48. The van der Waals surface area contributed by atoms with Crippen LogP contribution >= 0.6 is 0 Å². The van der Waals surface area contributed by atoms with Crippen LogP contribution < -0.4 is 10.2 Å². The van der Waals surface area contributed by atoms with Gasteiger partial charge in [0.1, 0.15) is 0 Å². The molecule has 1 fully saturated rings. The SMILES string of the molecule is CN(C)c1ccncc1NCC1CCCOC1. The van der Waals surface area contributed by atoms with Crippen molar-refractivity contribution < 1.29 is 4.74 Å². The van der Waals surface area contributed by atoms with Crippen molar-refractivity contribution in [2.24, 2.45) is 5.92 Å². The van der Waals surface area contributed by atoms with Crippen molar-refractivity contribution in [2.45, 2.75) is 12.8 Å². The molecule has 0 saturated carbocycles. The Bertz CT molecular complexity index is 348. The molecule has 0 spiro atoms. The summed E-state index contributed by atoms with van der Waals surface area (Å²) in [6.45, 7) is 2.77. The van der Waals surface area contributed by atoms with E-state index in [0.29, 0.717) is 5.92 Å². The van der Waals surface area contributed by atoms with Crippen LogP contribution in [0.25, 0.3) is 0 Å². The van der Waals surface area contributed by atoms with E-state index < -0.39 is 0 Å². The van der Waals surface area contributed by atoms with Crippen molar-refractivity contribution in [1.29, 1.82) is 0 Å². The number of hydrogen-bond donors (Lipinski definition) is 1. The van der Waals surface area contributed by atoms with Crippen LogP contribution in [0.5, 0.6) is 0 Å². The minimum atomic E-state index is 0.624. The molecule has 0 radical (unpaired) electrons. The number of hydrogen-bond acceptors (Lipinski definition) is 4. The predicted molar refractivity (Wildman–Crippen MR) is 70.6 cm³/mol. The summed E-state index contributed by atoms with van der Waals surface area (Å²) in [6, 6.07) is 2.03. The molecule has 1 aliphatic heterocycles. The number of pyridine rings is 1. The first-order valence-electron chi connectivity index (χ1n) is 6.20. The zero-order valence-corrected chi connectivity index (χ0v) is 10.6. The van der Waals surface area contributed by atoms with Gasteiger partial charge in [-0.05, 0) is 24.8 Å². The number of nitrogens with zero attached hydrogens (tertiary/aromatic N) is 2. The van der Waals surface area contributed by atoms with Crippen LogP contribution in [0.1, 0.15) is 12.8 Å². The molecule has 0 amide bonds.